The molecule has 1 aromatic heterocycles. The molecule has 0 saturated carbocycles. The van der Waals surface area contributed by atoms with Crippen LogP contribution in [0.4, 0.5) is 10.5 Å². The van der Waals surface area contributed by atoms with E-state index in [1.165, 1.54) is 0 Å². The van der Waals surface area contributed by atoms with Gasteiger partial charge in [-0.05, 0) is 36.6 Å². The molecule has 132 valence electrons. The van der Waals surface area contributed by atoms with Crippen molar-refractivity contribution in [1.29, 1.82) is 0 Å². The number of methoxy groups -OCH3 is 1. The molecule has 2 aromatic rings. The van der Waals surface area contributed by atoms with Crippen molar-refractivity contribution in [1.82, 2.24) is 9.88 Å². The van der Waals surface area contributed by atoms with Gasteiger partial charge in [0.15, 0.2) is 0 Å². The molecule has 1 N–H and O–H groups in total. The molecule has 2 heterocycles. The van der Waals surface area contributed by atoms with Gasteiger partial charge < -0.3 is 19.7 Å². The first-order valence-electron chi connectivity index (χ1n) is 8.45. The molecule has 1 saturated heterocycles. The average Bonchev–Trinajstić information content (AvgIpc) is 3.15. The number of carbonyl (C=O) groups is 1. The highest BCUT2D eigenvalue weighted by atomic mass is 16.5. The summed E-state index contributed by atoms with van der Waals surface area (Å²) in [5.74, 6) is 0.634. The number of urea groups is 1. The predicted molar refractivity (Wildman–Crippen MR) is 95.6 cm³/mol. The first-order valence-corrected chi connectivity index (χ1v) is 8.45. The summed E-state index contributed by atoms with van der Waals surface area (Å²) < 4.78 is 11.0. The van der Waals surface area contributed by atoms with Crippen molar-refractivity contribution in [3.05, 3.63) is 54.4 Å². The fraction of sp³-hybridized carbons (Fsp3) is 0.368. The quantitative estimate of drug-likeness (QED) is 0.875. The number of nitrogens with one attached hydrogen (secondary N) is 1. The largest absolute Gasteiger partial charge is 0.495 e. The Morgan fingerprint density at radius 3 is 2.96 bits per heavy atom. The van der Waals surface area contributed by atoms with E-state index in [1.807, 2.05) is 36.4 Å². The summed E-state index contributed by atoms with van der Waals surface area (Å²) in [5, 5.41) is 2.94. The minimum atomic E-state index is -0.177. The van der Waals surface area contributed by atoms with Crippen LogP contribution in [0.25, 0.3) is 0 Å². The van der Waals surface area contributed by atoms with E-state index in [2.05, 4.69) is 10.3 Å². The summed E-state index contributed by atoms with van der Waals surface area (Å²) in [7, 11) is 1.59. The number of hydrogen-bond donors (Lipinski definition) is 1. The SMILES string of the molecule is COc1ccccc1NC(=O)N(Cc1cccnc1)C[C@H]1CCCO1. The third-order valence-corrected chi connectivity index (χ3v) is 4.18. The number of amides is 2. The van der Waals surface area contributed by atoms with Gasteiger partial charge in [-0.25, -0.2) is 4.79 Å². The molecule has 0 aliphatic carbocycles. The molecule has 1 fully saturated rings. The highest BCUT2D eigenvalue weighted by Crippen LogP contribution is 2.24. The van der Waals surface area contributed by atoms with E-state index in [4.69, 9.17) is 9.47 Å². The second-order valence-electron chi connectivity index (χ2n) is 6.01. The Hall–Kier alpha value is -2.60. The standard InChI is InChI=1S/C19H23N3O3/c1-24-18-9-3-2-8-17(18)21-19(23)22(14-16-7-5-11-25-16)13-15-6-4-10-20-12-15/h2-4,6,8-10,12,16H,5,7,11,13-14H2,1H3,(H,21,23)/t16-/m1/s1. The van der Waals surface area contributed by atoms with E-state index in [9.17, 15) is 4.79 Å². The van der Waals surface area contributed by atoms with Gasteiger partial charge in [-0.2, -0.15) is 0 Å². The van der Waals surface area contributed by atoms with E-state index in [-0.39, 0.29) is 12.1 Å². The second-order valence-corrected chi connectivity index (χ2v) is 6.01. The molecule has 1 aromatic carbocycles. The Morgan fingerprint density at radius 2 is 2.24 bits per heavy atom. The Bertz CT molecular complexity index is 687. The number of hydrogen-bond acceptors (Lipinski definition) is 4. The normalized spacial score (nSPS) is 16.4. The highest BCUT2D eigenvalue weighted by Gasteiger charge is 2.23. The van der Waals surface area contributed by atoms with Crippen LogP contribution in [-0.4, -0.2) is 42.3 Å². The molecule has 3 rings (SSSR count). The van der Waals surface area contributed by atoms with Crippen molar-refractivity contribution in [3.63, 3.8) is 0 Å². The summed E-state index contributed by atoms with van der Waals surface area (Å²) in [6.45, 7) is 1.80. The molecule has 2 amide bonds. The van der Waals surface area contributed by atoms with Crippen molar-refractivity contribution in [2.24, 2.45) is 0 Å². The maximum Gasteiger partial charge on any atom is 0.322 e. The van der Waals surface area contributed by atoms with E-state index >= 15 is 0 Å². The molecule has 6 heteroatoms. The maximum absolute atomic E-state index is 12.9. The van der Waals surface area contributed by atoms with Gasteiger partial charge in [0.25, 0.3) is 0 Å². The number of pyridine rings is 1. The van der Waals surface area contributed by atoms with Crippen LogP contribution in [0.3, 0.4) is 0 Å². The zero-order valence-corrected chi connectivity index (χ0v) is 14.4. The molecule has 0 unspecified atom stereocenters. The lowest BCUT2D eigenvalue weighted by atomic mass is 10.2. The van der Waals surface area contributed by atoms with Crippen molar-refractivity contribution in [2.75, 3.05) is 25.6 Å². The number of nitrogens with zero attached hydrogens (tertiary/aromatic N) is 2. The van der Waals surface area contributed by atoms with E-state index in [0.29, 0.717) is 24.5 Å². The van der Waals surface area contributed by atoms with Crippen molar-refractivity contribution in [3.8, 4) is 5.75 Å². The lowest BCUT2D eigenvalue weighted by Crippen LogP contribution is -2.39. The van der Waals surface area contributed by atoms with Gasteiger partial charge in [0.2, 0.25) is 0 Å². The molecule has 25 heavy (non-hydrogen) atoms. The fourth-order valence-corrected chi connectivity index (χ4v) is 2.91. The predicted octanol–water partition coefficient (Wildman–Crippen LogP) is 3.30. The van der Waals surface area contributed by atoms with E-state index in [0.717, 1.165) is 25.0 Å². The smallest absolute Gasteiger partial charge is 0.322 e. The Kier molecular flexibility index (Phi) is 5.85. The third-order valence-electron chi connectivity index (χ3n) is 4.18. The fourth-order valence-electron chi connectivity index (χ4n) is 2.91. The zero-order valence-electron chi connectivity index (χ0n) is 14.4. The number of anilines is 1. The van der Waals surface area contributed by atoms with Gasteiger partial charge in [0.1, 0.15) is 5.75 Å². The Labute approximate surface area is 147 Å². The van der Waals surface area contributed by atoms with Gasteiger partial charge in [0.05, 0.1) is 18.9 Å². The van der Waals surface area contributed by atoms with E-state index < -0.39 is 0 Å². The minimum Gasteiger partial charge on any atom is -0.495 e. The molecule has 1 aliphatic heterocycles. The molecule has 0 bridgehead atoms. The van der Waals surface area contributed by atoms with Gasteiger partial charge >= 0.3 is 6.03 Å². The van der Waals surface area contributed by atoms with Crippen molar-refractivity contribution in [2.45, 2.75) is 25.5 Å². The van der Waals surface area contributed by atoms with Gasteiger partial charge in [-0.1, -0.05) is 18.2 Å². The van der Waals surface area contributed by atoms with Crippen LogP contribution in [0.1, 0.15) is 18.4 Å². The van der Waals surface area contributed by atoms with Crippen LogP contribution in [-0.2, 0) is 11.3 Å². The Morgan fingerprint density at radius 1 is 1.36 bits per heavy atom. The summed E-state index contributed by atoms with van der Waals surface area (Å²) in [6, 6.07) is 11.0. The van der Waals surface area contributed by atoms with Crippen LogP contribution >= 0.6 is 0 Å². The van der Waals surface area contributed by atoms with Crippen LogP contribution in [0.5, 0.6) is 5.75 Å². The lowest BCUT2D eigenvalue weighted by molar-refractivity contribution is 0.0819. The van der Waals surface area contributed by atoms with E-state index in [1.54, 1.807) is 24.4 Å². The number of ether oxygens (including phenoxy) is 2. The summed E-state index contributed by atoms with van der Waals surface area (Å²) in [6.07, 6.45) is 5.60. The van der Waals surface area contributed by atoms with Gasteiger partial charge in [-0.15, -0.1) is 0 Å². The maximum atomic E-state index is 12.9. The monoisotopic (exact) mass is 341 g/mol. The third kappa shape index (κ3) is 4.70. The van der Waals surface area contributed by atoms with Gasteiger partial charge in [-0.3, -0.25) is 4.98 Å². The minimum absolute atomic E-state index is 0.0834. The van der Waals surface area contributed by atoms with Crippen molar-refractivity contribution >= 4 is 11.7 Å². The summed E-state index contributed by atoms with van der Waals surface area (Å²) >= 11 is 0. The lowest BCUT2D eigenvalue weighted by Gasteiger charge is -2.26. The molecule has 6 nitrogen and oxygen atoms in total. The van der Waals surface area contributed by atoms with Crippen LogP contribution in [0.2, 0.25) is 0 Å². The number of aromatic nitrogens is 1. The number of carbonyl (C=O) groups excluding carboxylic acids is 1. The van der Waals surface area contributed by atoms with Crippen LogP contribution in [0.15, 0.2) is 48.8 Å². The summed E-state index contributed by atoms with van der Waals surface area (Å²) in [4.78, 5) is 18.8. The number of para-hydroxylation sites is 2. The molecule has 0 radical (unpaired) electrons. The van der Waals surface area contributed by atoms with Crippen LogP contribution < -0.4 is 10.1 Å². The van der Waals surface area contributed by atoms with Crippen molar-refractivity contribution < 1.29 is 14.3 Å². The van der Waals surface area contributed by atoms with Crippen LogP contribution in [0, 0.1) is 0 Å². The Balaban J connectivity index is 1.73. The second kappa shape index (κ2) is 8.48. The molecule has 1 atom stereocenters. The number of rotatable bonds is 6. The first-order chi connectivity index (χ1) is 12.3. The van der Waals surface area contributed by atoms with Gasteiger partial charge in [0, 0.05) is 32.1 Å². The molecule has 0 spiro atoms. The molecular weight excluding hydrogens is 318 g/mol. The number of benzene rings is 1. The first kappa shape index (κ1) is 17.2. The summed E-state index contributed by atoms with van der Waals surface area (Å²) in [5.41, 5.74) is 1.63. The zero-order chi connectivity index (χ0) is 17.5. The molecule has 1 aliphatic rings. The average molecular weight is 341 g/mol. The highest BCUT2D eigenvalue weighted by molar-refractivity contribution is 5.91. The molecular formula is C19H23N3O3. The topological polar surface area (TPSA) is 63.7 Å².